The minimum absolute atomic E-state index is 0.0863. The summed E-state index contributed by atoms with van der Waals surface area (Å²) in [4.78, 5) is 36.6. The number of carboxylic acid groups (broad SMARTS) is 1. The lowest BCUT2D eigenvalue weighted by atomic mass is 10.0. The highest BCUT2D eigenvalue weighted by atomic mass is 16.5. The molecule has 2 aliphatic rings. The molecule has 1 saturated heterocycles. The van der Waals surface area contributed by atoms with Crippen LogP contribution < -0.4 is 4.74 Å². The number of fused-ring (bicyclic) bond motifs is 1. The highest BCUT2D eigenvalue weighted by Gasteiger charge is 2.68. The monoisotopic (exact) mass is 453 g/mol. The van der Waals surface area contributed by atoms with E-state index in [1.165, 1.54) is 0 Å². The quantitative estimate of drug-likeness (QED) is 0.287. The van der Waals surface area contributed by atoms with E-state index in [0.29, 0.717) is 42.5 Å². The molecule has 2 fully saturated rings. The Morgan fingerprint density at radius 1 is 1.12 bits per heavy atom. The molecule has 176 valence electrons. The van der Waals surface area contributed by atoms with E-state index in [9.17, 15) is 14.4 Å². The fourth-order valence-electron chi connectivity index (χ4n) is 5.24. The first kappa shape index (κ1) is 23.2. The highest BCUT2D eigenvalue weighted by molar-refractivity contribution is 6.12. The summed E-state index contributed by atoms with van der Waals surface area (Å²) in [5, 5.41) is 9.54. The van der Waals surface area contributed by atoms with Gasteiger partial charge in [-0.2, -0.15) is 0 Å². The van der Waals surface area contributed by atoms with E-state index >= 15 is 0 Å². The van der Waals surface area contributed by atoms with Gasteiger partial charge in [-0.3, -0.25) is 4.79 Å². The summed E-state index contributed by atoms with van der Waals surface area (Å²) in [6.45, 7) is 10.6. The molecule has 7 nitrogen and oxygen atoms in total. The summed E-state index contributed by atoms with van der Waals surface area (Å²) < 4.78 is 13.0. The van der Waals surface area contributed by atoms with Crippen LogP contribution in [0.3, 0.4) is 0 Å². The second-order valence-corrected chi connectivity index (χ2v) is 10.2. The number of ether oxygens (including phenoxy) is 2. The number of nitrogens with zero attached hydrogens (tertiary/aromatic N) is 1. The summed E-state index contributed by atoms with van der Waals surface area (Å²) >= 11 is 0. The third kappa shape index (κ3) is 4.22. The number of ketones is 1. The maximum Gasteiger partial charge on any atom is 0.336 e. The molecule has 0 unspecified atom stereocenters. The molecule has 0 spiro atoms. The van der Waals surface area contributed by atoms with Gasteiger partial charge in [-0.25, -0.2) is 9.59 Å². The van der Waals surface area contributed by atoms with Crippen LogP contribution in [-0.4, -0.2) is 40.6 Å². The molecule has 2 aromatic rings. The van der Waals surface area contributed by atoms with Crippen molar-refractivity contribution in [1.29, 1.82) is 0 Å². The number of Topliss-reactive ketones (excluding diaryl/α,β-unsaturated/α-hetero) is 1. The molecule has 0 amide bonds. The first-order valence-electron chi connectivity index (χ1n) is 11.4. The lowest BCUT2D eigenvalue weighted by Gasteiger charge is -2.23. The van der Waals surface area contributed by atoms with Crippen molar-refractivity contribution in [3.05, 3.63) is 42.1 Å². The van der Waals surface area contributed by atoms with Gasteiger partial charge in [0.2, 0.25) is 0 Å². The van der Waals surface area contributed by atoms with E-state index in [-0.39, 0.29) is 22.5 Å². The second kappa shape index (κ2) is 8.45. The molecule has 7 heteroatoms. The van der Waals surface area contributed by atoms with E-state index in [1.54, 1.807) is 12.1 Å². The predicted octanol–water partition coefficient (Wildman–Crippen LogP) is 4.48. The lowest BCUT2D eigenvalue weighted by molar-refractivity contribution is -0.133. The summed E-state index contributed by atoms with van der Waals surface area (Å²) in [6.07, 6.45) is 5.38. The zero-order valence-electron chi connectivity index (χ0n) is 19.6. The number of benzene rings is 1. The second-order valence-electron chi connectivity index (χ2n) is 10.2. The smallest absolute Gasteiger partial charge is 0.336 e. The Morgan fingerprint density at radius 3 is 2.39 bits per heavy atom. The lowest BCUT2D eigenvalue weighted by Crippen LogP contribution is -2.20. The maximum absolute atomic E-state index is 13.7. The minimum Gasteiger partial charge on any atom is -0.478 e. The van der Waals surface area contributed by atoms with E-state index in [2.05, 4.69) is 27.7 Å². The zero-order chi connectivity index (χ0) is 24.0. The fourth-order valence-corrected chi connectivity index (χ4v) is 5.24. The van der Waals surface area contributed by atoms with Crippen molar-refractivity contribution in [2.45, 2.75) is 47.1 Å². The van der Waals surface area contributed by atoms with Crippen LogP contribution in [0.15, 0.2) is 36.5 Å². The minimum atomic E-state index is -1.23. The van der Waals surface area contributed by atoms with Crippen LogP contribution in [0.25, 0.3) is 10.9 Å². The molecule has 1 aliphatic carbocycles. The van der Waals surface area contributed by atoms with Crippen molar-refractivity contribution < 1.29 is 29.0 Å². The predicted molar refractivity (Wildman–Crippen MR) is 123 cm³/mol. The summed E-state index contributed by atoms with van der Waals surface area (Å²) in [5.74, 6) is -1.28. The molecule has 1 aromatic heterocycles. The zero-order valence-corrected chi connectivity index (χ0v) is 19.6. The van der Waals surface area contributed by atoms with Gasteiger partial charge in [-0.05, 0) is 35.7 Å². The summed E-state index contributed by atoms with van der Waals surface area (Å²) in [7, 11) is 0. The van der Waals surface area contributed by atoms with Crippen LogP contribution in [0.1, 0.15) is 50.9 Å². The van der Waals surface area contributed by atoms with E-state index < -0.39 is 11.9 Å². The molecule has 0 atom stereocenters. The summed E-state index contributed by atoms with van der Waals surface area (Å²) in [5.41, 5.74) is 1.14. The van der Waals surface area contributed by atoms with Gasteiger partial charge in [-0.15, -0.1) is 0 Å². The molecule has 0 radical (unpaired) electrons. The number of carboxylic acids is 1. The molecule has 1 saturated carbocycles. The van der Waals surface area contributed by atoms with Gasteiger partial charge in [0, 0.05) is 55.0 Å². The SMILES string of the molecule is CC1(C)C(C(=O)c2cn(CC3CCOCC3)c3c(OC(=O)C=CC(=O)O)cccc23)C1(C)C. The molecule has 0 bridgehead atoms. The van der Waals surface area contributed by atoms with Crippen molar-refractivity contribution in [3.63, 3.8) is 0 Å². The van der Waals surface area contributed by atoms with Crippen LogP contribution in [0.2, 0.25) is 0 Å². The summed E-state index contributed by atoms with van der Waals surface area (Å²) in [6, 6.07) is 5.31. The van der Waals surface area contributed by atoms with Crippen LogP contribution in [0.4, 0.5) is 0 Å². The maximum atomic E-state index is 13.7. The molecule has 1 N–H and O–H groups in total. The van der Waals surface area contributed by atoms with E-state index in [4.69, 9.17) is 14.6 Å². The van der Waals surface area contributed by atoms with Gasteiger partial charge in [0.05, 0.1) is 5.52 Å². The number of aliphatic carboxylic acids is 1. The van der Waals surface area contributed by atoms with Crippen LogP contribution in [0, 0.1) is 22.7 Å². The van der Waals surface area contributed by atoms with Crippen LogP contribution in [-0.2, 0) is 20.9 Å². The Hall–Kier alpha value is -2.93. The fraction of sp³-hybridized carbons (Fsp3) is 0.500. The molecular formula is C26H31NO6. The van der Waals surface area contributed by atoms with Crippen molar-refractivity contribution in [2.24, 2.45) is 22.7 Å². The number of para-hydroxylation sites is 1. The average molecular weight is 454 g/mol. The van der Waals surface area contributed by atoms with Gasteiger partial charge in [0.1, 0.15) is 0 Å². The number of aromatic nitrogens is 1. The Bertz CT molecular complexity index is 1120. The van der Waals surface area contributed by atoms with Crippen LogP contribution in [0.5, 0.6) is 5.75 Å². The molecular weight excluding hydrogens is 422 g/mol. The highest BCUT2D eigenvalue weighted by Crippen LogP contribution is 2.69. The van der Waals surface area contributed by atoms with Gasteiger partial charge >= 0.3 is 11.9 Å². The third-order valence-corrected chi connectivity index (χ3v) is 7.78. The van der Waals surface area contributed by atoms with Gasteiger partial charge < -0.3 is 19.1 Å². The number of hydrogen-bond acceptors (Lipinski definition) is 5. The normalized spacial score (nSPS) is 20.2. The van der Waals surface area contributed by atoms with Crippen molar-refractivity contribution >= 4 is 28.6 Å². The Balaban J connectivity index is 1.75. The number of hydrogen-bond donors (Lipinski definition) is 1. The molecule has 1 aliphatic heterocycles. The van der Waals surface area contributed by atoms with Gasteiger partial charge in [-0.1, -0.05) is 39.8 Å². The standard InChI is InChI=1S/C26H31NO6/c1-25(2)24(26(25,3)4)23(31)18-15-27(14-16-10-12-32-13-11-16)22-17(18)6-5-7-19(22)33-21(30)9-8-20(28)29/h5-9,15-16,24H,10-14H2,1-4H3,(H,28,29). The molecule has 33 heavy (non-hydrogen) atoms. The number of esters is 1. The number of carbonyl (C=O) groups is 3. The Labute approximate surface area is 193 Å². The average Bonchev–Trinajstić information content (AvgIpc) is 3.01. The first-order valence-corrected chi connectivity index (χ1v) is 11.4. The topological polar surface area (TPSA) is 94.8 Å². The van der Waals surface area contributed by atoms with Crippen molar-refractivity contribution in [2.75, 3.05) is 13.2 Å². The van der Waals surface area contributed by atoms with Gasteiger partial charge in [0.15, 0.2) is 11.5 Å². The molecule has 1 aromatic carbocycles. The van der Waals surface area contributed by atoms with E-state index in [0.717, 1.165) is 30.4 Å². The number of carbonyl (C=O) groups excluding carboxylic acids is 2. The first-order chi connectivity index (χ1) is 15.5. The Kier molecular flexibility index (Phi) is 5.95. The Morgan fingerprint density at radius 2 is 1.79 bits per heavy atom. The van der Waals surface area contributed by atoms with Crippen molar-refractivity contribution in [1.82, 2.24) is 4.57 Å². The third-order valence-electron chi connectivity index (χ3n) is 7.78. The van der Waals surface area contributed by atoms with Crippen molar-refractivity contribution in [3.8, 4) is 5.75 Å². The van der Waals surface area contributed by atoms with Gasteiger partial charge in [0.25, 0.3) is 0 Å². The van der Waals surface area contributed by atoms with E-state index in [1.807, 2.05) is 16.8 Å². The molecule has 2 heterocycles. The molecule has 4 rings (SSSR count). The van der Waals surface area contributed by atoms with Crippen LogP contribution >= 0.6 is 0 Å². The largest absolute Gasteiger partial charge is 0.478 e. The number of rotatable bonds is 7.